The molecule has 2 aromatic carbocycles. The van der Waals surface area contributed by atoms with Gasteiger partial charge in [-0.1, -0.05) is 11.6 Å². The zero-order chi connectivity index (χ0) is 15.6. The fraction of sp³-hybridized carbons (Fsp3) is 0.0769. The predicted molar refractivity (Wildman–Crippen MR) is 75.7 cm³/mol. The molecule has 21 heavy (non-hydrogen) atoms. The third-order valence-electron chi connectivity index (χ3n) is 2.69. The molecule has 0 radical (unpaired) electrons. The van der Waals surface area contributed by atoms with Crippen LogP contribution in [0.1, 0.15) is 5.56 Å². The van der Waals surface area contributed by atoms with E-state index in [0.29, 0.717) is 10.6 Å². The number of rotatable bonds is 4. The van der Waals surface area contributed by atoms with Crippen molar-refractivity contribution in [2.24, 2.45) is 5.14 Å². The Balaban J connectivity index is 2.19. The number of hydrogen-bond donors (Lipinski definition) is 2. The summed E-state index contributed by atoms with van der Waals surface area (Å²) in [4.78, 5) is -0.690. The molecular weight excluding hydrogens is 325 g/mol. The lowest BCUT2D eigenvalue weighted by atomic mass is 10.2. The highest BCUT2D eigenvalue weighted by Crippen LogP contribution is 2.24. The maximum Gasteiger partial charge on any atom is 0.244 e. The molecule has 2 aromatic rings. The molecule has 3 nitrogen and oxygen atoms in total. The molecule has 0 aliphatic carbocycles. The van der Waals surface area contributed by atoms with Gasteiger partial charge < -0.3 is 9.87 Å². The van der Waals surface area contributed by atoms with Crippen molar-refractivity contribution in [1.82, 2.24) is 0 Å². The van der Waals surface area contributed by atoms with Crippen LogP contribution in [0.3, 0.4) is 0 Å². The Hall–Kier alpha value is -1.41. The first-order valence-corrected chi connectivity index (χ1v) is 7.30. The van der Waals surface area contributed by atoms with Gasteiger partial charge in [0.1, 0.15) is 5.82 Å². The molecule has 0 aliphatic rings. The Kier molecular flexibility index (Phi) is 5.00. The van der Waals surface area contributed by atoms with Crippen LogP contribution in [-0.4, -0.2) is 4.55 Å². The molecule has 1 unspecified atom stereocenters. The molecule has 0 saturated heterocycles. The van der Waals surface area contributed by atoms with Crippen molar-refractivity contribution in [1.29, 1.82) is 0 Å². The van der Waals surface area contributed by atoms with Gasteiger partial charge in [-0.05, 0) is 23.8 Å². The highest BCUT2D eigenvalue weighted by molar-refractivity contribution is 7.89. The van der Waals surface area contributed by atoms with E-state index >= 15 is 0 Å². The summed E-state index contributed by atoms with van der Waals surface area (Å²) in [5.74, 6) is -2.52. The lowest BCUT2D eigenvalue weighted by Crippen LogP contribution is -2.16. The minimum absolute atomic E-state index is 0.0700. The summed E-state index contributed by atoms with van der Waals surface area (Å²) in [5, 5.41) is 8.01. The Labute approximate surface area is 127 Å². The summed E-state index contributed by atoms with van der Waals surface area (Å²) < 4.78 is 51.3. The van der Waals surface area contributed by atoms with E-state index < -0.39 is 33.7 Å². The number of benzene rings is 2. The first kappa shape index (κ1) is 16.0. The third-order valence-corrected chi connectivity index (χ3v) is 3.85. The molecule has 0 heterocycles. The number of halogens is 4. The Morgan fingerprint density at radius 1 is 1.14 bits per heavy atom. The average Bonchev–Trinajstić information content (AvgIpc) is 2.38. The van der Waals surface area contributed by atoms with Crippen molar-refractivity contribution in [3.05, 3.63) is 58.4 Å². The topological polar surface area (TPSA) is 61.1 Å². The van der Waals surface area contributed by atoms with Gasteiger partial charge in [0.25, 0.3) is 0 Å². The molecule has 3 N–H and O–H groups in total. The molecule has 8 heteroatoms. The molecule has 0 aliphatic heterocycles. The number of anilines is 1. The van der Waals surface area contributed by atoms with Crippen LogP contribution < -0.4 is 10.5 Å². The maximum absolute atomic E-state index is 13.6. The van der Waals surface area contributed by atoms with E-state index in [2.05, 4.69) is 5.32 Å². The van der Waals surface area contributed by atoms with E-state index in [0.717, 1.165) is 12.1 Å². The molecule has 0 spiro atoms. The standard InChI is InChI=1S/C13H10ClF3N2OS/c14-10-2-1-8(15)3-7(10)6-19-9-4-11(16)13(21(18)20)12(17)5-9/h1-5,19H,6,18H2. The van der Waals surface area contributed by atoms with Gasteiger partial charge in [-0.15, -0.1) is 5.14 Å². The van der Waals surface area contributed by atoms with Gasteiger partial charge in [0.2, 0.25) is 4.90 Å². The Bertz CT molecular complexity index is 647. The fourth-order valence-electron chi connectivity index (χ4n) is 1.73. The highest BCUT2D eigenvalue weighted by atomic mass is 35.5. The number of nitrogens with one attached hydrogen (secondary N) is 1. The van der Waals surface area contributed by atoms with Gasteiger partial charge in [0, 0.05) is 29.4 Å². The molecule has 0 aromatic heterocycles. The lowest BCUT2D eigenvalue weighted by Gasteiger charge is -2.11. The van der Waals surface area contributed by atoms with Crippen molar-refractivity contribution in [3.63, 3.8) is 0 Å². The van der Waals surface area contributed by atoms with E-state index in [1.807, 2.05) is 0 Å². The normalized spacial score (nSPS) is 12.3. The average molecular weight is 335 g/mol. The van der Waals surface area contributed by atoms with Crippen LogP contribution in [-0.2, 0) is 17.9 Å². The molecule has 0 fully saturated rings. The molecule has 0 saturated carbocycles. The third kappa shape index (κ3) is 3.82. The van der Waals surface area contributed by atoms with Gasteiger partial charge in [0.05, 0.1) is 11.4 Å². The zero-order valence-electron chi connectivity index (χ0n) is 10.5. The first-order valence-electron chi connectivity index (χ1n) is 5.71. The molecule has 0 bridgehead atoms. The first-order chi connectivity index (χ1) is 9.88. The van der Waals surface area contributed by atoms with E-state index in [1.165, 1.54) is 18.2 Å². The zero-order valence-corrected chi connectivity index (χ0v) is 12.1. The summed E-state index contributed by atoms with van der Waals surface area (Å²) in [6.45, 7) is 0.0700. The van der Waals surface area contributed by atoms with Gasteiger partial charge in [-0.3, -0.25) is 0 Å². The maximum atomic E-state index is 13.6. The van der Waals surface area contributed by atoms with Crippen LogP contribution in [0.4, 0.5) is 18.9 Å². The largest absolute Gasteiger partial charge is 0.593 e. The van der Waals surface area contributed by atoms with Crippen LogP contribution in [0.5, 0.6) is 0 Å². The molecule has 112 valence electrons. The van der Waals surface area contributed by atoms with Crippen molar-refractivity contribution in [3.8, 4) is 0 Å². The molecule has 0 amide bonds. The molecule has 2 rings (SSSR count). The highest BCUT2D eigenvalue weighted by Gasteiger charge is 2.21. The number of nitrogens with two attached hydrogens (primary N) is 1. The Morgan fingerprint density at radius 3 is 2.33 bits per heavy atom. The summed E-state index contributed by atoms with van der Waals surface area (Å²) in [6, 6.07) is 5.71. The van der Waals surface area contributed by atoms with Crippen LogP contribution in [0, 0.1) is 17.5 Å². The van der Waals surface area contributed by atoms with Crippen LogP contribution >= 0.6 is 11.6 Å². The predicted octanol–water partition coefficient (Wildman–Crippen LogP) is 3.35. The minimum atomic E-state index is -2.26. The lowest BCUT2D eigenvalue weighted by molar-refractivity contribution is 0.520. The number of hydrogen-bond acceptors (Lipinski definition) is 3. The van der Waals surface area contributed by atoms with E-state index in [9.17, 15) is 17.7 Å². The second-order valence-electron chi connectivity index (χ2n) is 4.16. The van der Waals surface area contributed by atoms with Gasteiger partial charge >= 0.3 is 0 Å². The van der Waals surface area contributed by atoms with Gasteiger partial charge in [-0.2, -0.15) is 0 Å². The summed E-state index contributed by atoms with van der Waals surface area (Å²) in [7, 11) is 0. The minimum Gasteiger partial charge on any atom is -0.593 e. The van der Waals surface area contributed by atoms with Crippen LogP contribution in [0.2, 0.25) is 5.02 Å². The quantitative estimate of drug-likeness (QED) is 0.843. The van der Waals surface area contributed by atoms with Crippen molar-refractivity contribution >= 4 is 28.7 Å². The van der Waals surface area contributed by atoms with E-state index in [4.69, 9.17) is 16.7 Å². The van der Waals surface area contributed by atoms with Gasteiger partial charge in [-0.25, -0.2) is 13.2 Å². The van der Waals surface area contributed by atoms with E-state index in [1.54, 1.807) is 0 Å². The fourth-order valence-corrected chi connectivity index (χ4v) is 2.42. The Morgan fingerprint density at radius 2 is 1.76 bits per heavy atom. The summed E-state index contributed by atoms with van der Waals surface area (Å²) in [5.41, 5.74) is 0.531. The molecule has 1 atom stereocenters. The second-order valence-corrected chi connectivity index (χ2v) is 5.57. The van der Waals surface area contributed by atoms with Crippen molar-refractivity contribution in [2.75, 3.05) is 5.32 Å². The van der Waals surface area contributed by atoms with E-state index in [-0.39, 0.29) is 12.2 Å². The smallest absolute Gasteiger partial charge is 0.244 e. The molecular formula is C13H10ClF3N2OS. The van der Waals surface area contributed by atoms with Gasteiger partial charge in [0.15, 0.2) is 11.6 Å². The van der Waals surface area contributed by atoms with Crippen molar-refractivity contribution < 1.29 is 17.7 Å². The summed E-state index contributed by atoms with van der Waals surface area (Å²) >= 11 is 3.62. The van der Waals surface area contributed by atoms with Crippen molar-refractivity contribution in [2.45, 2.75) is 11.4 Å². The monoisotopic (exact) mass is 334 g/mol. The second kappa shape index (κ2) is 6.57. The van der Waals surface area contributed by atoms with Crippen LogP contribution in [0.25, 0.3) is 0 Å². The van der Waals surface area contributed by atoms with Crippen LogP contribution in [0.15, 0.2) is 35.2 Å². The summed E-state index contributed by atoms with van der Waals surface area (Å²) in [6.07, 6.45) is 0. The SMILES string of the molecule is N[S+]([O-])c1c(F)cc(NCc2cc(F)ccc2Cl)cc1F.